The van der Waals surface area contributed by atoms with E-state index < -0.39 is 0 Å². The van der Waals surface area contributed by atoms with Crippen LogP contribution in [0.2, 0.25) is 0 Å². The Morgan fingerprint density at radius 3 is 2.50 bits per heavy atom. The summed E-state index contributed by atoms with van der Waals surface area (Å²) in [6, 6.07) is 7.61. The number of amides is 1. The molecule has 0 saturated carbocycles. The third kappa shape index (κ3) is 3.50. The second kappa shape index (κ2) is 7.46. The highest BCUT2D eigenvalue weighted by atomic mass is 16.1. The van der Waals surface area contributed by atoms with Crippen LogP contribution in [-0.2, 0) is 13.6 Å². The lowest BCUT2D eigenvalue weighted by Crippen LogP contribution is -2.28. The molecule has 3 aromatic rings. The number of carbonyl (C=O) groups is 1. The van der Waals surface area contributed by atoms with E-state index >= 15 is 0 Å². The molecule has 28 heavy (non-hydrogen) atoms. The quantitative estimate of drug-likeness (QED) is 0.731. The summed E-state index contributed by atoms with van der Waals surface area (Å²) in [5.74, 6) is -0.196. The molecule has 0 radical (unpaired) electrons. The van der Waals surface area contributed by atoms with E-state index in [1.807, 2.05) is 64.5 Å². The minimum absolute atomic E-state index is 0.162. The van der Waals surface area contributed by atoms with Crippen LogP contribution in [0.4, 0.5) is 0 Å². The highest BCUT2D eigenvalue weighted by Gasteiger charge is 2.18. The minimum Gasteiger partial charge on any atom is -0.348 e. The van der Waals surface area contributed by atoms with Crippen LogP contribution >= 0.6 is 0 Å². The fourth-order valence-corrected chi connectivity index (χ4v) is 3.68. The molecule has 6 heteroatoms. The van der Waals surface area contributed by atoms with Gasteiger partial charge in [-0.2, -0.15) is 5.10 Å². The molecule has 0 aliphatic carbocycles. The van der Waals surface area contributed by atoms with Crippen molar-refractivity contribution < 1.29 is 4.79 Å². The monoisotopic (exact) mass is 378 g/mol. The van der Waals surface area contributed by atoms with Gasteiger partial charge in [-0.05, 0) is 63.4 Å². The molecular formula is C22H26N4O2. The van der Waals surface area contributed by atoms with Gasteiger partial charge in [0.25, 0.3) is 11.5 Å². The molecule has 1 aromatic carbocycles. The Hall–Kier alpha value is -3.15. The lowest BCUT2D eigenvalue weighted by Gasteiger charge is -2.13. The Bertz CT molecular complexity index is 1120. The third-order valence-corrected chi connectivity index (χ3v) is 5.28. The predicted molar refractivity (Wildman–Crippen MR) is 111 cm³/mol. The van der Waals surface area contributed by atoms with Crippen molar-refractivity contribution in [1.29, 1.82) is 0 Å². The summed E-state index contributed by atoms with van der Waals surface area (Å²) >= 11 is 0. The maximum absolute atomic E-state index is 12.8. The van der Waals surface area contributed by atoms with Crippen LogP contribution in [0.5, 0.6) is 0 Å². The van der Waals surface area contributed by atoms with Crippen molar-refractivity contribution in [3.05, 3.63) is 74.0 Å². The summed E-state index contributed by atoms with van der Waals surface area (Å²) in [4.78, 5) is 27.8. The summed E-state index contributed by atoms with van der Waals surface area (Å²) in [5.41, 5.74) is 7.63. The average molecular weight is 378 g/mol. The Kier molecular flexibility index (Phi) is 5.23. The van der Waals surface area contributed by atoms with E-state index in [2.05, 4.69) is 15.4 Å². The molecule has 0 bridgehead atoms. The van der Waals surface area contributed by atoms with Crippen molar-refractivity contribution in [1.82, 2.24) is 20.1 Å². The molecule has 0 aliphatic heterocycles. The van der Waals surface area contributed by atoms with E-state index in [4.69, 9.17) is 0 Å². The van der Waals surface area contributed by atoms with Gasteiger partial charge in [-0.1, -0.05) is 12.1 Å². The average Bonchev–Trinajstić information content (AvgIpc) is 2.86. The number of hydrogen-bond acceptors (Lipinski definition) is 3. The van der Waals surface area contributed by atoms with Gasteiger partial charge < -0.3 is 10.3 Å². The third-order valence-electron chi connectivity index (χ3n) is 5.28. The van der Waals surface area contributed by atoms with E-state index in [0.29, 0.717) is 11.1 Å². The molecule has 0 fully saturated rings. The number of pyridine rings is 1. The zero-order chi connectivity index (χ0) is 20.6. The maximum Gasteiger partial charge on any atom is 0.253 e. The largest absolute Gasteiger partial charge is 0.348 e. The number of nitrogens with zero attached hydrogens (tertiary/aromatic N) is 2. The van der Waals surface area contributed by atoms with Crippen LogP contribution in [0.3, 0.4) is 0 Å². The minimum atomic E-state index is -0.196. The fourth-order valence-electron chi connectivity index (χ4n) is 3.68. The molecule has 0 aliphatic rings. The Balaban J connectivity index is 1.91. The van der Waals surface area contributed by atoms with E-state index in [-0.39, 0.29) is 18.0 Å². The highest BCUT2D eigenvalue weighted by molar-refractivity contribution is 5.97. The summed E-state index contributed by atoms with van der Waals surface area (Å²) in [6.45, 7) is 9.85. The summed E-state index contributed by atoms with van der Waals surface area (Å²) < 4.78 is 1.85. The fraction of sp³-hybridized carbons (Fsp3) is 0.318. The van der Waals surface area contributed by atoms with Gasteiger partial charge in [0, 0.05) is 41.7 Å². The van der Waals surface area contributed by atoms with Gasteiger partial charge in [0.1, 0.15) is 0 Å². The van der Waals surface area contributed by atoms with Gasteiger partial charge in [0.05, 0.1) is 5.69 Å². The van der Waals surface area contributed by atoms with Crippen molar-refractivity contribution in [3.8, 4) is 11.1 Å². The number of carbonyl (C=O) groups excluding carboxylic acids is 1. The molecule has 0 saturated heterocycles. The van der Waals surface area contributed by atoms with Crippen LogP contribution in [-0.4, -0.2) is 20.7 Å². The Morgan fingerprint density at radius 2 is 1.89 bits per heavy atom. The van der Waals surface area contributed by atoms with Gasteiger partial charge in [0.2, 0.25) is 0 Å². The molecular weight excluding hydrogens is 352 g/mol. The predicted octanol–water partition coefficient (Wildman–Crippen LogP) is 3.25. The molecule has 2 N–H and O–H groups in total. The normalized spacial score (nSPS) is 10.9. The molecule has 3 rings (SSSR count). The first-order valence-corrected chi connectivity index (χ1v) is 9.28. The molecule has 0 spiro atoms. The first-order valence-electron chi connectivity index (χ1n) is 9.28. The zero-order valence-corrected chi connectivity index (χ0v) is 17.2. The van der Waals surface area contributed by atoms with Crippen molar-refractivity contribution in [2.24, 2.45) is 7.05 Å². The molecule has 0 unspecified atom stereocenters. The second-order valence-electron chi connectivity index (χ2n) is 7.27. The van der Waals surface area contributed by atoms with Gasteiger partial charge in [-0.3, -0.25) is 14.3 Å². The number of aryl methyl sites for hydroxylation is 4. The van der Waals surface area contributed by atoms with E-state index in [0.717, 1.165) is 39.3 Å². The summed E-state index contributed by atoms with van der Waals surface area (Å²) in [7, 11) is 1.92. The summed E-state index contributed by atoms with van der Waals surface area (Å²) in [5, 5.41) is 7.37. The van der Waals surface area contributed by atoms with Gasteiger partial charge >= 0.3 is 0 Å². The first-order chi connectivity index (χ1) is 13.2. The van der Waals surface area contributed by atoms with Gasteiger partial charge in [-0.25, -0.2) is 0 Å². The van der Waals surface area contributed by atoms with E-state index in [9.17, 15) is 9.59 Å². The topological polar surface area (TPSA) is 79.8 Å². The zero-order valence-electron chi connectivity index (χ0n) is 17.2. The molecule has 2 heterocycles. The maximum atomic E-state index is 12.8. The lowest BCUT2D eigenvalue weighted by atomic mass is 9.95. The molecule has 2 aromatic heterocycles. The van der Waals surface area contributed by atoms with Crippen LogP contribution in [0.1, 0.15) is 44.1 Å². The smallest absolute Gasteiger partial charge is 0.253 e. The summed E-state index contributed by atoms with van der Waals surface area (Å²) in [6.07, 6.45) is 0. The first kappa shape index (κ1) is 19.6. The number of aromatic nitrogens is 3. The second-order valence-corrected chi connectivity index (χ2v) is 7.27. The lowest BCUT2D eigenvalue weighted by molar-refractivity contribution is 0.0950. The van der Waals surface area contributed by atoms with Crippen LogP contribution in [0.25, 0.3) is 11.1 Å². The molecule has 1 amide bonds. The standard InChI is InChI=1S/C22H26N4O2/c1-12-10-13(2)24-22(28)19(12)11-23-21(27)18-9-7-8-17(14(18)3)20-15(4)25-26(6)16(20)5/h7-10H,11H2,1-6H3,(H,23,27)(H,24,28). The van der Waals surface area contributed by atoms with E-state index in [1.54, 1.807) is 6.07 Å². The van der Waals surface area contributed by atoms with Crippen LogP contribution in [0, 0.1) is 34.6 Å². The SMILES string of the molecule is Cc1cc(C)c(CNC(=O)c2cccc(-c3c(C)nn(C)c3C)c2C)c(=O)[nH]1. The van der Waals surface area contributed by atoms with Crippen LogP contribution in [0.15, 0.2) is 29.1 Å². The molecule has 6 nitrogen and oxygen atoms in total. The van der Waals surface area contributed by atoms with E-state index in [1.165, 1.54) is 0 Å². The number of benzene rings is 1. The molecule has 146 valence electrons. The molecule has 0 atom stereocenters. The Labute approximate surface area is 164 Å². The van der Waals surface area contributed by atoms with Crippen molar-refractivity contribution in [3.63, 3.8) is 0 Å². The number of H-pyrrole nitrogens is 1. The number of nitrogens with one attached hydrogen (secondary N) is 2. The number of rotatable bonds is 4. The highest BCUT2D eigenvalue weighted by Crippen LogP contribution is 2.30. The van der Waals surface area contributed by atoms with Crippen molar-refractivity contribution >= 4 is 5.91 Å². The van der Waals surface area contributed by atoms with Crippen molar-refractivity contribution in [2.75, 3.05) is 0 Å². The van der Waals surface area contributed by atoms with Crippen molar-refractivity contribution in [2.45, 2.75) is 41.2 Å². The van der Waals surface area contributed by atoms with Gasteiger partial charge in [-0.15, -0.1) is 0 Å². The number of hydrogen-bond donors (Lipinski definition) is 2. The van der Waals surface area contributed by atoms with Gasteiger partial charge in [0.15, 0.2) is 0 Å². The van der Waals surface area contributed by atoms with Crippen LogP contribution < -0.4 is 10.9 Å². The Morgan fingerprint density at radius 1 is 1.18 bits per heavy atom. The number of aromatic amines is 1.